The van der Waals surface area contributed by atoms with Crippen LogP contribution in [0.2, 0.25) is 0 Å². The van der Waals surface area contributed by atoms with E-state index in [1.54, 1.807) is 74.1 Å². The van der Waals surface area contributed by atoms with Crippen molar-refractivity contribution < 1.29 is 24.0 Å². The predicted molar refractivity (Wildman–Crippen MR) is 226 cm³/mol. The number of benzene rings is 1. The van der Waals surface area contributed by atoms with Gasteiger partial charge in [-0.1, -0.05) is 31.9 Å². The lowest BCUT2D eigenvalue weighted by atomic mass is 10.1. The Morgan fingerprint density at radius 2 is 1.12 bits per heavy atom. The van der Waals surface area contributed by atoms with Gasteiger partial charge in [0.05, 0.1) is 22.9 Å². The minimum Gasteiger partial charge on any atom is -0.388 e. The first-order chi connectivity index (χ1) is 27.2. The molecule has 0 atom stereocenters. The van der Waals surface area contributed by atoms with Gasteiger partial charge in [0, 0.05) is 101 Å². The Kier molecular flexibility index (Phi) is 13.7. The van der Waals surface area contributed by atoms with E-state index in [-0.39, 0.29) is 53.3 Å². The summed E-state index contributed by atoms with van der Waals surface area (Å²) in [6, 6.07) is 13.3. The molecule has 0 spiro atoms. The first-order valence-electron chi connectivity index (χ1n) is 17.5. The highest BCUT2D eigenvalue weighted by molar-refractivity contribution is 9.09. The molecule has 20 heteroatoms. The van der Waals surface area contributed by atoms with Crippen LogP contribution in [0.1, 0.15) is 58.7 Å². The van der Waals surface area contributed by atoms with E-state index >= 15 is 0 Å². The predicted octanol–water partition coefficient (Wildman–Crippen LogP) is 4.10. The van der Waals surface area contributed by atoms with Crippen molar-refractivity contribution in [2.24, 2.45) is 33.9 Å². The Bertz CT molecular complexity index is 2300. The van der Waals surface area contributed by atoms with Gasteiger partial charge in [0.15, 0.2) is 5.82 Å². The summed E-state index contributed by atoms with van der Waals surface area (Å²) in [4.78, 5) is 67.5. The van der Waals surface area contributed by atoms with Crippen molar-refractivity contribution >= 4 is 95.8 Å². The second-order valence-electron chi connectivity index (χ2n) is 13.0. The number of hydrogen-bond donors (Lipinski definition) is 7. The average molecular weight is 910 g/mol. The highest BCUT2D eigenvalue weighted by Gasteiger charge is 2.21. The van der Waals surface area contributed by atoms with Crippen molar-refractivity contribution in [1.29, 1.82) is 5.41 Å². The third-order valence-corrected chi connectivity index (χ3v) is 9.43. The molecule has 0 aliphatic carbocycles. The number of nitrogens with two attached hydrogens (primary N) is 1. The summed E-state index contributed by atoms with van der Waals surface area (Å²) < 4.78 is 5.99. The van der Waals surface area contributed by atoms with Gasteiger partial charge in [-0.15, -0.1) is 0 Å². The Balaban J connectivity index is 1.17. The Morgan fingerprint density at radius 1 is 0.667 bits per heavy atom. The highest BCUT2D eigenvalue weighted by Crippen LogP contribution is 2.22. The minimum absolute atomic E-state index is 0.0519. The molecule has 1 aromatic carbocycles. The number of hydrogen-bond acceptors (Lipinski definition) is 8. The Labute approximate surface area is 344 Å². The van der Waals surface area contributed by atoms with Crippen LogP contribution in [0.4, 0.5) is 28.6 Å². The van der Waals surface area contributed by atoms with Crippen LogP contribution >= 0.6 is 31.9 Å². The largest absolute Gasteiger partial charge is 0.388 e. The van der Waals surface area contributed by atoms with Crippen molar-refractivity contribution in [2.75, 3.05) is 56.5 Å². The average Bonchev–Trinajstić information content (AvgIpc) is 3.92. The van der Waals surface area contributed by atoms with Gasteiger partial charge < -0.3 is 50.9 Å². The van der Waals surface area contributed by atoms with E-state index in [0.717, 1.165) is 29.4 Å². The first-order valence-corrected chi connectivity index (χ1v) is 19.8. The van der Waals surface area contributed by atoms with Crippen molar-refractivity contribution in [2.45, 2.75) is 6.42 Å². The van der Waals surface area contributed by atoms with Crippen LogP contribution in [0.3, 0.4) is 0 Å². The Hall–Kier alpha value is -6.15. The molecule has 0 radical (unpaired) electrons. The van der Waals surface area contributed by atoms with Gasteiger partial charge in [0.1, 0.15) is 22.8 Å². The molecule has 5 aromatic rings. The van der Waals surface area contributed by atoms with Crippen molar-refractivity contribution in [3.05, 3.63) is 95.5 Å². The summed E-state index contributed by atoms with van der Waals surface area (Å²) in [6.45, 7) is 1.84. The fourth-order valence-corrected chi connectivity index (χ4v) is 6.75. The third-order valence-electron chi connectivity index (χ3n) is 8.72. The van der Waals surface area contributed by atoms with E-state index in [1.807, 2.05) is 12.1 Å². The fourth-order valence-electron chi connectivity index (χ4n) is 5.89. The third kappa shape index (κ3) is 10.6. The first kappa shape index (κ1) is 42.0. The zero-order chi connectivity index (χ0) is 41.4. The number of anilines is 5. The number of amidine groups is 1. The summed E-state index contributed by atoms with van der Waals surface area (Å²) in [6.07, 6.45) is 5.00. The van der Waals surface area contributed by atoms with E-state index in [1.165, 1.54) is 27.4 Å². The molecule has 0 unspecified atom stereocenters. The number of halogens is 2. The molecule has 300 valence electrons. The number of nitrogens with zero attached hydrogens (tertiary/aromatic N) is 6. The molecule has 0 saturated carbocycles. The topological polar surface area (TPSA) is 231 Å². The lowest BCUT2D eigenvalue weighted by Gasteiger charge is -2.23. The molecule has 8 N–H and O–H groups in total. The number of carbonyl (C=O) groups excluding carboxylic acids is 5. The number of nitrogens with one attached hydrogen (secondary N) is 6. The number of rotatable bonds is 17. The number of alkyl halides is 2. The highest BCUT2D eigenvalue weighted by atomic mass is 79.9. The number of carbonyl (C=O) groups is 5. The normalized spacial score (nSPS) is 10.8. The molecule has 0 fully saturated rings. The van der Waals surface area contributed by atoms with Gasteiger partial charge >= 0.3 is 0 Å². The molecule has 18 nitrogen and oxygen atoms in total. The molecule has 5 amide bonds. The molecule has 0 saturated heterocycles. The van der Waals surface area contributed by atoms with Crippen LogP contribution in [-0.2, 0) is 28.2 Å². The van der Waals surface area contributed by atoms with Crippen LogP contribution in [0.25, 0.3) is 0 Å². The second-order valence-corrected chi connectivity index (χ2v) is 14.6. The van der Waals surface area contributed by atoms with E-state index < -0.39 is 23.6 Å². The van der Waals surface area contributed by atoms with Crippen molar-refractivity contribution in [3.8, 4) is 0 Å². The molecule has 0 bridgehead atoms. The van der Waals surface area contributed by atoms with Gasteiger partial charge in [-0.2, -0.15) is 5.10 Å². The van der Waals surface area contributed by atoms with Gasteiger partial charge in [-0.3, -0.25) is 34.1 Å². The van der Waals surface area contributed by atoms with Crippen molar-refractivity contribution in [3.63, 3.8) is 0 Å². The molecule has 0 aliphatic rings. The quantitative estimate of drug-likeness (QED) is 0.0407. The fraction of sp³-hybridized carbons (Fsp3) is 0.270. The zero-order valence-corrected chi connectivity index (χ0v) is 34.8. The van der Waals surface area contributed by atoms with Gasteiger partial charge in [0.25, 0.3) is 29.5 Å². The summed E-state index contributed by atoms with van der Waals surface area (Å²) in [7, 11) is 6.53. The summed E-state index contributed by atoms with van der Waals surface area (Å²) in [5.41, 5.74) is 8.87. The lowest BCUT2D eigenvalue weighted by molar-refractivity contribution is 0.0942. The smallest absolute Gasteiger partial charge is 0.273 e. The maximum absolute atomic E-state index is 13.3. The molecule has 4 aromatic heterocycles. The molecular formula is C37H43Br2N13O5. The number of aromatic nitrogens is 5. The van der Waals surface area contributed by atoms with E-state index in [2.05, 4.69) is 68.4 Å². The van der Waals surface area contributed by atoms with Crippen molar-refractivity contribution in [1.82, 2.24) is 28.8 Å². The van der Waals surface area contributed by atoms with Crippen LogP contribution in [0, 0.1) is 5.41 Å². The molecule has 0 aliphatic heterocycles. The molecule has 4 heterocycles. The standard InChI is InChI=1S/C37H43Br2N13O5/c1-48-19-23(43-33(53)22-5-7-26(8-6-22)52(13-10-38)14-11-39)15-27(48)35(55)44-24-16-28(49(2)20-24)36(56)45-25-17-29(50(3)21-25)37(57)46-32-18-30(51(4)47-32)34(54)42-12-9-31(40)41/h5-8,15-21H,9-14H2,1-4H3,(H3,40,41)(H,42,54)(H,43,53)(H,44,55)(H,45,56)(H,46,47,57). The maximum Gasteiger partial charge on any atom is 0.273 e. The number of amides is 5. The van der Waals surface area contributed by atoms with Gasteiger partial charge in [-0.25, -0.2) is 0 Å². The van der Waals surface area contributed by atoms with E-state index in [4.69, 9.17) is 11.1 Å². The SMILES string of the molecule is Cn1cc(NC(=O)c2ccc(N(CCBr)CCBr)cc2)cc1C(=O)Nc1cc(C(=O)Nc2cc(C(=O)Nc3cc(C(=O)NCCC(=N)N)n(C)n3)n(C)c2)n(C)c1. The van der Waals surface area contributed by atoms with E-state index in [9.17, 15) is 24.0 Å². The molecular weight excluding hydrogens is 866 g/mol. The van der Waals surface area contributed by atoms with Crippen LogP contribution in [-0.4, -0.2) is 89.1 Å². The maximum atomic E-state index is 13.3. The Morgan fingerprint density at radius 3 is 1.58 bits per heavy atom. The number of aryl methyl sites for hydroxylation is 4. The summed E-state index contributed by atoms with van der Waals surface area (Å²) in [5, 5.41) is 26.8. The molecule has 57 heavy (non-hydrogen) atoms. The molecule has 5 rings (SSSR count). The van der Waals surface area contributed by atoms with E-state index in [0.29, 0.717) is 22.6 Å². The second kappa shape index (κ2) is 18.7. The summed E-state index contributed by atoms with van der Waals surface area (Å²) in [5.74, 6) is -2.14. The monoisotopic (exact) mass is 907 g/mol. The van der Waals surface area contributed by atoms with Gasteiger partial charge in [-0.05, 0) is 42.5 Å². The zero-order valence-electron chi connectivity index (χ0n) is 31.7. The van der Waals surface area contributed by atoms with Crippen LogP contribution in [0.5, 0.6) is 0 Å². The minimum atomic E-state index is -0.528. The summed E-state index contributed by atoms with van der Waals surface area (Å²) >= 11 is 6.96. The van der Waals surface area contributed by atoms with Crippen LogP contribution in [0.15, 0.2) is 67.1 Å². The van der Waals surface area contributed by atoms with Crippen LogP contribution < -0.4 is 37.2 Å². The lowest BCUT2D eigenvalue weighted by Crippen LogP contribution is -2.29. The van der Waals surface area contributed by atoms with Gasteiger partial charge in [0.2, 0.25) is 0 Å².